The fraction of sp³-hybridized carbons (Fsp3) is 0.893. The van der Waals surface area contributed by atoms with Crippen molar-refractivity contribution < 1.29 is 9.53 Å². The normalized spacial score (nSPS) is 46.3. The molecule has 0 aromatic rings. The van der Waals surface area contributed by atoms with Gasteiger partial charge in [0.15, 0.2) is 0 Å². The highest BCUT2D eigenvalue weighted by molar-refractivity contribution is 5.69. The first-order valence-electron chi connectivity index (χ1n) is 13.0. The lowest BCUT2D eigenvalue weighted by atomic mass is 9.44. The second-order valence-corrected chi connectivity index (χ2v) is 12.1. The van der Waals surface area contributed by atoms with Crippen LogP contribution in [0.3, 0.4) is 0 Å². The Morgan fingerprint density at radius 3 is 2.53 bits per heavy atom. The summed E-state index contributed by atoms with van der Waals surface area (Å²) in [6.07, 6.45) is 18.0. The van der Waals surface area contributed by atoms with Crippen LogP contribution >= 0.6 is 0 Å². The van der Waals surface area contributed by atoms with Gasteiger partial charge < -0.3 is 4.74 Å². The van der Waals surface area contributed by atoms with E-state index in [1.165, 1.54) is 71.3 Å². The van der Waals surface area contributed by atoms with Gasteiger partial charge in [0.25, 0.3) is 0 Å². The van der Waals surface area contributed by atoms with Crippen LogP contribution in [-0.4, -0.2) is 13.1 Å². The van der Waals surface area contributed by atoms with Gasteiger partial charge >= 0.3 is 5.97 Å². The number of hydrogen-bond acceptors (Lipinski definition) is 2. The van der Waals surface area contributed by atoms with Crippen LogP contribution in [-0.2, 0) is 9.53 Å². The number of hydrogen-bond donors (Lipinski definition) is 0. The monoisotopic (exact) mass is 414 g/mol. The maximum atomic E-state index is 11.7. The molecule has 0 heterocycles. The van der Waals surface area contributed by atoms with Crippen molar-refractivity contribution in [1.82, 2.24) is 0 Å². The first kappa shape index (κ1) is 22.4. The number of fused-ring (bicyclic) bond motifs is 5. The lowest BCUT2D eigenvalue weighted by Crippen LogP contribution is -2.53. The van der Waals surface area contributed by atoms with Gasteiger partial charge in [-0.1, -0.05) is 26.8 Å². The van der Waals surface area contributed by atoms with Gasteiger partial charge in [-0.2, -0.15) is 0 Å². The number of esters is 1. The Morgan fingerprint density at radius 2 is 1.80 bits per heavy atom. The molecule has 4 aliphatic rings. The summed E-state index contributed by atoms with van der Waals surface area (Å²) in [7, 11) is 1.52. The average molecular weight is 415 g/mol. The number of carbonyl (C=O) groups excluding carboxylic acids is 1. The lowest BCUT2D eigenvalue weighted by molar-refractivity contribution is -0.141. The molecule has 0 saturated heterocycles. The summed E-state index contributed by atoms with van der Waals surface area (Å²) in [5.74, 6) is 6.09. The molecule has 0 aromatic carbocycles. The molecule has 0 radical (unpaired) electrons. The van der Waals surface area contributed by atoms with Crippen molar-refractivity contribution in [2.45, 2.75) is 97.8 Å². The van der Waals surface area contributed by atoms with Gasteiger partial charge in [0, 0.05) is 6.42 Å². The molecule has 170 valence electrons. The van der Waals surface area contributed by atoms with Gasteiger partial charge in [-0.25, -0.2) is 0 Å². The lowest BCUT2D eigenvalue weighted by Gasteiger charge is -2.61. The first-order valence-corrected chi connectivity index (χ1v) is 13.0. The maximum absolute atomic E-state index is 11.7. The van der Waals surface area contributed by atoms with Crippen molar-refractivity contribution >= 4 is 5.97 Å². The van der Waals surface area contributed by atoms with E-state index in [9.17, 15) is 4.79 Å². The third-order valence-electron chi connectivity index (χ3n) is 11.1. The minimum Gasteiger partial charge on any atom is -0.469 e. The number of carbonyl (C=O) groups is 1. The van der Waals surface area contributed by atoms with Crippen molar-refractivity contribution in [1.29, 1.82) is 0 Å². The predicted octanol–water partition coefficient (Wildman–Crippen LogP) is 7.43. The average Bonchev–Trinajstić information content (AvgIpc) is 3.09. The molecule has 0 aliphatic heterocycles. The Hall–Kier alpha value is -0.790. The summed E-state index contributed by atoms with van der Waals surface area (Å²) in [6.45, 7) is 11.7. The van der Waals surface area contributed by atoms with Crippen molar-refractivity contribution in [3.8, 4) is 0 Å². The van der Waals surface area contributed by atoms with Crippen molar-refractivity contribution in [2.75, 3.05) is 7.11 Å². The summed E-state index contributed by atoms with van der Waals surface area (Å²) < 4.78 is 4.91. The van der Waals surface area contributed by atoms with Gasteiger partial charge in [0.05, 0.1) is 7.11 Å². The number of ether oxygens (including phenoxy) is 1. The van der Waals surface area contributed by atoms with Crippen molar-refractivity contribution in [3.63, 3.8) is 0 Å². The zero-order chi connectivity index (χ0) is 21.5. The van der Waals surface area contributed by atoms with Crippen LogP contribution < -0.4 is 0 Å². The standard InChI is InChI=1S/C28H46O2/c1-6-7-20-14-16-27(3)21(18-20)9-10-22-24-12-11-23(19(2)8-13-26(29)30-5)28(24,4)17-15-25(22)27/h6,19-25H,1,7-18H2,2-5H3/t19-,20?,21?,22+,23-,24+,25+,27+,28-/m1/s1. The SMILES string of the molecule is C=CCC1CC[C@@]2(C)C(CC[C@H]3[C@@H]4CC[C@H]([C@H](C)CCC(=O)OC)[C@@]4(C)CC[C@@H]32)C1. The summed E-state index contributed by atoms with van der Waals surface area (Å²) in [5, 5.41) is 0. The molecule has 4 fully saturated rings. The Balaban J connectivity index is 1.46. The molecule has 2 unspecified atom stereocenters. The largest absolute Gasteiger partial charge is 0.469 e. The van der Waals surface area contributed by atoms with E-state index in [1.807, 2.05) is 0 Å². The molecular weight excluding hydrogens is 368 g/mol. The Bertz CT molecular complexity index is 641. The van der Waals surface area contributed by atoms with E-state index in [1.54, 1.807) is 0 Å². The van der Waals surface area contributed by atoms with Crippen LogP contribution in [0, 0.1) is 52.3 Å². The molecule has 4 rings (SSSR count). The van der Waals surface area contributed by atoms with Gasteiger partial charge in [-0.05, 0) is 123 Å². The summed E-state index contributed by atoms with van der Waals surface area (Å²) in [4.78, 5) is 11.7. The van der Waals surface area contributed by atoms with Crippen LogP contribution in [0.4, 0.5) is 0 Å². The third kappa shape index (κ3) is 3.69. The fourth-order valence-electron chi connectivity index (χ4n) is 9.42. The zero-order valence-electron chi connectivity index (χ0n) is 20.1. The van der Waals surface area contributed by atoms with E-state index >= 15 is 0 Å². The van der Waals surface area contributed by atoms with Crippen LogP contribution in [0.25, 0.3) is 0 Å². The molecular formula is C28H46O2. The molecule has 0 N–H and O–H groups in total. The van der Waals surface area contributed by atoms with Crippen LogP contribution in [0.1, 0.15) is 97.8 Å². The van der Waals surface area contributed by atoms with Crippen molar-refractivity contribution in [3.05, 3.63) is 12.7 Å². The third-order valence-corrected chi connectivity index (χ3v) is 11.1. The smallest absolute Gasteiger partial charge is 0.305 e. The molecule has 30 heavy (non-hydrogen) atoms. The highest BCUT2D eigenvalue weighted by Gasteiger charge is 2.60. The van der Waals surface area contributed by atoms with E-state index in [0.29, 0.717) is 23.2 Å². The second kappa shape index (κ2) is 8.62. The molecule has 9 atom stereocenters. The quantitative estimate of drug-likeness (QED) is 0.334. The zero-order valence-corrected chi connectivity index (χ0v) is 20.1. The summed E-state index contributed by atoms with van der Waals surface area (Å²) in [5.41, 5.74) is 1.09. The van der Waals surface area contributed by atoms with E-state index in [0.717, 1.165) is 41.9 Å². The molecule has 4 aliphatic carbocycles. The molecule has 2 heteroatoms. The van der Waals surface area contributed by atoms with E-state index in [-0.39, 0.29) is 5.97 Å². The van der Waals surface area contributed by atoms with Crippen LogP contribution in [0.5, 0.6) is 0 Å². The van der Waals surface area contributed by atoms with E-state index in [4.69, 9.17) is 4.74 Å². The maximum Gasteiger partial charge on any atom is 0.305 e. The minimum absolute atomic E-state index is 0.0384. The Kier molecular flexibility index (Phi) is 6.44. The highest BCUT2D eigenvalue weighted by atomic mass is 16.5. The Labute approximate surface area is 185 Å². The number of methoxy groups -OCH3 is 1. The van der Waals surface area contributed by atoms with Crippen LogP contribution in [0.15, 0.2) is 12.7 Å². The molecule has 4 saturated carbocycles. The minimum atomic E-state index is -0.0384. The molecule has 2 nitrogen and oxygen atoms in total. The van der Waals surface area contributed by atoms with Gasteiger partial charge in [0.1, 0.15) is 0 Å². The summed E-state index contributed by atoms with van der Waals surface area (Å²) >= 11 is 0. The van der Waals surface area contributed by atoms with E-state index < -0.39 is 0 Å². The van der Waals surface area contributed by atoms with Gasteiger partial charge in [-0.3, -0.25) is 4.79 Å². The Morgan fingerprint density at radius 1 is 1.07 bits per heavy atom. The highest BCUT2D eigenvalue weighted by Crippen LogP contribution is 2.68. The fourth-order valence-corrected chi connectivity index (χ4v) is 9.42. The first-order chi connectivity index (χ1) is 14.3. The summed E-state index contributed by atoms with van der Waals surface area (Å²) in [6, 6.07) is 0. The molecule has 0 amide bonds. The van der Waals surface area contributed by atoms with Crippen molar-refractivity contribution in [2.24, 2.45) is 52.3 Å². The molecule has 0 aromatic heterocycles. The topological polar surface area (TPSA) is 26.3 Å². The number of allylic oxidation sites excluding steroid dienone is 1. The van der Waals surface area contributed by atoms with E-state index in [2.05, 4.69) is 33.4 Å². The molecule has 0 bridgehead atoms. The van der Waals surface area contributed by atoms with Gasteiger partial charge in [0.2, 0.25) is 0 Å². The molecule has 0 spiro atoms. The van der Waals surface area contributed by atoms with Crippen LogP contribution in [0.2, 0.25) is 0 Å². The van der Waals surface area contributed by atoms with Gasteiger partial charge in [-0.15, -0.1) is 6.58 Å². The number of rotatable bonds is 6. The predicted molar refractivity (Wildman–Crippen MR) is 124 cm³/mol. The second-order valence-electron chi connectivity index (χ2n) is 12.1.